The largest absolute Gasteiger partial charge is 0.455 e. The maximum Gasteiger partial charge on any atom is 0.312 e. The number of carbonyl (C=O) groups is 2. The van der Waals surface area contributed by atoms with Crippen LogP contribution in [0, 0.1) is 23.2 Å². The molecule has 0 radical (unpaired) electrons. The van der Waals surface area contributed by atoms with E-state index in [9.17, 15) is 18.0 Å². The second-order valence-corrected chi connectivity index (χ2v) is 11.1. The van der Waals surface area contributed by atoms with Gasteiger partial charge >= 0.3 is 5.97 Å². The predicted molar refractivity (Wildman–Crippen MR) is 91.4 cm³/mol. The first kappa shape index (κ1) is 17.3. The van der Waals surface area contributed by atoms with Gasteiger partial charge in [0.25, 0.3) is 5.91 Å². The minimum absolute atomic E-state index is 0.0121. The highest BCUT2D eigenvalue weighted by atomic mass is 32.2. The van der Waals surface area contributed by atoms with Crippen LogP contribution in [-0.2, 0) is 24.2 Å². The van der Waals surface area contributed by atoms with E-state index in [-0.39, 0.29) is 41.4 Å². The molecule has 5 fully saturated rings. The minimum atomic E-state index is -3.04. The zero-order valence-corrected chi connectivity index (χ0v) is 15.6. The molecule has 0 aromatic rings. The van der Waals surface area contributed by atoms with E-state index in [0.717, 1.165) is 19.3 Å². The summed E-state index contributed by atoms with van der Waals surface area (Å²) in [5, 5.41) is 0. The lowest BCUT2D eigenvalue weighted by molar-refractivity contribution is -0.174. The topological polar surface area (TPSA) is 80.8 Å². The first-order valence-corrected chi connectivity index (χ1v) is 11.2. The SMILES string of the molecule is CN(C(=O)COC(=O)C12CC3CC(CC(C3)C1)C2)C1CCS(=O)(=O)C1. The van der Waals surface area contributed by atoms with Crippen molar-refractivity contribution in [2.24, 2.45) is 23.2 Å². The van der Waals surface area contributed by atoms with Gasteiger partial charge in [0.15, 0.2) is 16.4 Å². The van der Waals surface area contributed by atoms with Crippen LogP contribution in [0.1, 0.15) is 44.9 Å². The summed E-state index contributed by atoms with van der Waals surface area (Å²) in [6, 6.07) is -0.296. The standard InChI is InChI=1S/C18H27NO5S/c1-19(15-2-3-25(22,23)11-15)16(20)10-24-17(21)18-7-12-4-13(8-18)6-14(5-12)9-18/h12-15H,2-11H2,1H3. The van der Waals surface area contributed by atoms with E-state index in [0.29, 0.717) is 24.2 Å². The van der Waals surface area contributed by atoms with Gasteiger partial charge in [-0.25, -0.2) is 8.42 Å². The summed E-state index contributed by atoms with van der Waals surface area (Å²) in [7, 11) is -1.43. The van der Waals surface area contributed by atoms with E-state index in [1.54, 1.807) is 7.05 Å². The maximum absolute atomic E-state index is 12.8. The van der Waals surface area contributed by atoms with E-state index < -0.39 is 9.84 Å². The molecule has 5 rings (SSSR count). The zero-order chi connectivity index (χ0) is 17.8. The summed E-state index contributed by atoms with van der Waals surface area (Å²) in [5.74, 6) is 1.59. The number of nitrogens with zero attached hydrogens (tertiary/aromatic N) is 1. The number of hydrogen-bond donors (Lipinski definition) is 0. The Kier molecular flexibility index (Phi) is 4.13. The normalized spacial score (nSPS) is 40.8. The van der Waals surface area contributed by atoms with Crippen LogP contribution >= 0.6 is 0 Å². The van der Waals surface area contributed by atoms with Crippen LogP contribution in [0.15, 0.2) is 0 Å². The van der Waals surface area contributed by atoms with Crippen molar-refractivity contribution in [1.82, 2.24) is 4.90 Å². The molecule has 0 aromatic heterocycles. The molecule has 1 aliphatic heterocycles. The van der Waals surface area contributed by atoms with Crippen molar-refractivity contribution >= 4 is 21.7 Å². The van der Waals surface area contributed by atoms with Crippen LogP contribution in [0.4, 0.5) is 0 Å². The Bertz CT molecular complexity index is 650. The number of carbonyl (C=O) groups excluding carboxylic acids is 2. The minimum Gasteiger partial charge on any atom is -0.455 e. The molecule has 0 N–H and O–H groups in total. The van der Waals surface area contributed by atoms with Crippen LogP contribution in [0.3, 0.4) is 0 Å². The molecule has 1 saturated heterocycles. The van der Waals surface area contributed by atoms with E-state index in [4.69, 9.17) is 4.74 Å². The first-order chi connectivity index (χ1) is 11.8. The number of sulfone groups is 1. The Morgan fingerprint density at radius 3 is 2.12 bits per heavy atom. The average molecular weight is 369 g/mol. The smallest absolute Gasteiger partial charge is 0.312 e. The lowest BCUT2D eigenvalue weighted by Crippen LogP contribution is -2.51. The van der Waals surface area contributed by atoms with Crippen molar-refractivity contribution in [3.05, 3.63) is 0 Å². The van der Waals surface area contributed by atoms with Crippen molar-refractivity contribution in [2.75, 3.05) is 25.2 Å². The fourth-order valence-electron chi connectivity index (χ4n) is 6.03. The second kappa shape index (κ2) is 5.96. The molecule has 4 saturated carbocycles. The van der Waals surface area contributed by atoms with Crippen molar-refractivity contribution in [3.8, 4) is 0 Å². The van der Waals surface area contributed by atoms with Crippen LogP contribution in [-0.4, -0.2) is 56.4 Å². The number of ether oxygens (including phenoxy) is 1. The molecule has 4 bridgehead atoms. The number of likely N-dealkylation sites (N-methyl/N-ethyl adjacent to an activating group) is 1. The second-order valence-electron chi connectivity index (χ2n) is 8.84. The number of amides is 1. The van der Waals surface area contributed by atoms with E-state index in [2.05, 4.69) is 0 Å². The molecule has 1 heterocycles. The van der Waals surface area contributed by atoms with Gasteiger partial charge in [0, 0.05) is 13.1 Å². The fraction of sp³-hybridized carbons (Fsp3) is 0.889. The van der Waals surface area contributed by atoms with Crippen molar-refractivity contribution in [2.45, 2.75) is 51.0 Å². The predicted octanol–water partition coefficient (Wildman–Crippen LogP) is 1.39. The Morgan fingerprint density at radius 1 is 1.08 bits per heavy atom. The van der Waals surface area contributed by atoms with Gasteiger partial charge in [0.2, 0.25) is 0 Å². The van der Waals surface area contributed by atoms with Crippen LogP contribution in [0.2, 0.25) is 0 Å². The van der Waals surface area contributed by atoms with Gasteiger partial charge < -0.3 is 9.64 Å². The molecule has 1 amide bonds. The fourth-order valence-corrected chi connectivity index (χ4v) is 7.80. The van der Waals surface area contributed by atoms with Crippen molar-refractivity contribution < 1.29 is 22.7 Å². The monoisotopic (exact) mass is 369 g/mol. The Labute approximate surface area is 149 Å². The highest BCUT2D eigenvalue weighted by Gasteiger charge is 2.55. The van der Waals surface area contributed by atoms with E-state index >= 15 is 0 Å². The Hall–Kier alpha value is -1.11. The van der Waals surface area contributed by atoms with E-state index in [1.165, 1.54) is 24.2 Å². The third-order valence-corrected chi connectivity index (χ3v) is 8.70. The van der Waals surface area contributed by atoms with Gasteiger partial charge in [-0.1, -0.05) is 0 Å². The summed E-state index contributed by atoms with van der Waals surface area (Å²) in [6.07, 6.45) is 6.99. The average Bonchev–Trinajstić information content (AvgIpc) is 2.90. The van der Waals surface area contributed by atoms with Gasteiger partial charge in [-0.2, -0.15) is 0 Å². The molecule has 5 aliphatic rings. The van der Waals surface area contributed by atoms with Gasteiger partial charge in [0.1, 0.15) is 0 Å². The third-order valence-electron chi connectivity index (χ3n) is 6.95. The number of rotatable bonds is 4. The highest BCUT2D eigenvalue weighted by molar-refractivity contribution is 7.91. The van der Waals surface area contributed by atoms with Crippen LogP contribution in [0.25, 0.3) is 0 Å². The molecular weight excluding hydrogens is 342 g/mol. The molecule has 140 valence electrons. The molecule has 1 unspecified atom stereocenters. The van der Waals surface area contributed by atoms with Crippen molar-refractivity contribution in [1.29, 1.82) is 0 Å². The van der Waals surface area contributed by atoms with Gasteiger partial charge in [-0.3, -0.25) is 9.59 Å². The van der Waals surface area contributed by atoms with Crippen LogP contribution in [0.5, 0.6) is 0 Å². The molecule has 1 atom stereocenters. The number of esters is 1. The van der Waals surface area contributed by atoms with Gasteiger partial charge in [-0.05, 0) is 62.7 Å². The van der Waals surface area contributed by atoms with Crippen LogP contribution < -0.4 is 0 Å². The lowest BCUT2D eigenvalue weighted by atomic mass is 9.49. The summed E-state index contributed by atoms with van der Waals surface area (Å²) < 4.78 is 28.6. The zero-order valence-electron chi connectivity index (χ0n) is 14.8. The highest BCUT2D eigenvalue weighted by Crippen LogP contribution is 2.60. The molecule has 6 nitrogen and oxygen atoms in total. The molecule has 0 spiro atoms. The van der Waals surface area contributed by atoms with Crippen molar-refractivity contribution in [3.63, 3.8) is 0 Å². The van der Waals surface area contributed by atoms with Gasteiger partial charge in [0.05, 0.1) is 16.9 Å². The molecular formula is C18H27NO5S. The summed E-state index contributed by atoms with van der Waals surface area (Å²) in [6.45, 7) is -0.270. The molecule has 4 aliphatic carbocycles. The summed E-state index contributed by atoms with van der Waals surface area (Å²) in [4.78, 5) is 26.5. The summed E-state index contributed by atoms with van der Waals surface area (Å²) >= 11 is 0. The molecule has 0 aromatic carbocycles. The lowest BCUT2D eigenvalue weighted by Gasteiger charge is -2.55. The number of hydrogen-bond acceptors (Lipinski definition) is 5. The summed E-state index contributed by atoms with van der Waals surface area (Å²) in [5.41, 5.74) is -0.357. The molecule has 25 heavy (non-hydrogen) atoms. The Balaban J connectivity index is 1.34. The molecule has 7 heteroatoms. The first-order valence-electron chi connectivity index (χ1n) is 9.40. The third kappa shape index (κ3) is 3.20. The Morgan fingerprint density at radius 2 is 1.64 bits per heavy atom. The van der Waals surface area contributed by atoms with Gasteiger partial charge in [-0.15, -0.1) is 0 Å². The maximum atomic E-state index is 12.8. The van der Waals surface area contributed by atoms with E-state index in [1.807, 2.05) is 0 Å². The quantitative estimate of drug-likeness (QED) is 0.700.